The molecular weight excluding hydrogens is 586 g/mol. The van der Waals surface area contributed by atoms with Gasteiger partial charge in [0.1, 0.15) is 18.3 Å². The molecule has 0 aliphatic heterocycles. The van der Waals surface area contributed by atoms with E-state index in [2.05, 4.69) is 5.32 Å². The molecule has 0 radical (unpaired) electrons. The number of carbonyl (C=O) groups excluding carboxylic acids is 2. The van der Waals surface area contributed by atoms with E-state index in [9.17, 15) is 18.0 Å². The third-order valence-electron chi connectivity index (χ3n) is 7.71. The van der Waals surface area contributed by atoms with E-state index in [1.807, 2.05) is 6.92 Å². The molecular formula is C33H40ClN3O5S. The number of carbonyl (C=O) groups is 2. The van der Waals surface area contributed by atoms with Gasteiger partial charge in [0.15, 0.2) is 0 Å². The van der Waals surface area contributed by atoms with Crippen LogP contribution in [0, 0.1) is 6.92 Å². The molecule has 0 saturated heterocycles. The van der Waals surface area contributed by atoms with Crippen molar-refractivity contribution in [3.05, 3.63) is 88.9 Å². The molecule has 8 nitrogen and oxygen atoms in total. The van der Waals surface area contributed by atoms with Crippen molar-refractivity contribution in [2.45, 2.75) is 76.4 Å². The van der Waals surface area contributed by atoms with Gasteiger partial charge in [-0.2, -0.15) is 0 Å². The zero-order valence-corrected chi connectivity index (χ0v) is 26.5. The number of aryl methyl sites for hydroxylation is 1. The number of hydrogen-bond donors (Lipinski definition) is 1. The number of sulfonamides is 1. The first-order valence-electron chi connectivity index (χ1n) is 14.8. The summed E-state index contributed by atoms with van der Waals surface area (Å²) < 4.78 is 35.1. The Morgan fingerprint density at radius 1 is 0.977 bits per heavy atom. The molecule has 4 rings (SSSR count). The molecule has 1 aliphatic rings. The van der Waals surface area contributed by atoms with Crippen molar-refractivity contribution in [1.29, 1.82) is 0 Å². The SMILES string of the molecule is CCOc1ccccc1N(CC(=O)N(Cc1ccc(Cl)cc1)[C@H](C)C(=O)NC1CCCCC1)S(=O)(=O)c1ccc(C)cc1. The number of nitrogens with zero attached hydrogens (tertiary/aromatic N) is 2. The van der Waals surface area contributed by atoms with Crippen molar-refractivity contribution >= 4 is 39.1 Å². The van der Waals surface area contributed by atoms with Crippen molar-refractivity contribution in [3.63, 3.8) is 0 Å². The highest BCUT2D eigenvalue weighted by molar-refractivity contribution is 7.92. The van der Waals surface area contributed by atoms with Crippen molar-refractivity contribution < 1.29 is 22.7 Å². The van der Waals surface area contributed by atoms with Gasteiger partial charge in [0.2, 0.25) is 11.8 Å². The Morgan fingerprint density at radius 3 is 2.28 bits per heavy atom. The molecule has 1 saturated carbocycles. The second kappa shape index (κ2) is 14.8. The zero-order valence-electron chi connectivity index (χ0n) is 25.0. The average Bonchev–Trinajstić information content (AvgIpc) is 3.00. The van der Waals surface area contributed by atoms with Gasteiger partial charge in [-0.05, 0) is 75.6 Å². The summed E-state index contributed by atoms with van der Waals surface area (Å²) in [5.41, 5.74) is 1.91. The Labute approximate surface area is 260 Å². The Bertz CT molecular complexity index is 1490. The number of para-hydroxylation sites is 2. The van der Waals surface area contributed by atoms with Gasteiger partial charge < -0.3 is 15.0 Å². The minimum Gasteiger partial charge on any atom is -0.492 e. The molecule has 230 valence electrons. The van der Waals surface area contributed by atoms with Gasteiger partial charge in [-0.15, -0.1) is 0 Å². The van der Waals surface area contributed by atoms with E-state index in [4.69, 9.17) is 16.3 Å². The fraction of sp³-hybridized carbons (Fsp3) is 0.394. The van der Waals surface area contributed by atoms with Gasteiger partial charge >= 0.3 is 0 Å². The van der Waals surface area contributed by atoms with E-state index >= 15 is 0 Å². The van der Waals surface area contributed by atoms with Crippen LogP contribution in [0.2, 0.25) is 5.02 Å². The summed E-state index contributed by atoms with van der Waals surface area (Å²) in [4.78, 5) is 29.2. The fourth-order valence-corrected chi connectivity index (χ4v) is 6.78. The van der Waals surface area contributed by atoms with E-state index in [-0.39, 0.29) is 29.1 Å². The maximum absolute atomic E-state index is 14.2. The van der Waals surface area contributed by atoms with Crippen LogP contribution in [-0.4, -0.2) is 50.4 Å². The van der Waals surface area contributed by atoms with Gasteiger partial charge in [0.05, 0.1) is 17.2 Å². The molecule has 2 amide bonds. The van der Waals surface area contributed by atoms with Crippen LogP contribution in [0.3, 0.4) is 0 Å². The summed E-state index contributed by atoms with van der Waals surface area (Å²) >= 11 is 6.10. The third-order valence-corrected chi connectivity index (χ3v) is 9.73. The van der Waals surface area contributed by atoms with Crippen molar-refractivity contribution in [2.75, 3.05) is 17.5 Å². The first-order chi connectivity index (χ1) is 20.6. The van der Waals surface area contributed by atoms with Crippen LogP contribution in [-0.2, 0) is 26.2 Å². The Kier molecular flexibility index (Phi) is 11.1. The minimum atomic E-state index is -4.20. The van der Waals surface area contributed by atoms with Crippen molar-refractivity contribution in [1.82, 2.24) is 10.2 Å². The highest BCUT2D eigenvalue weighted by Gasteiger charge is 2.34. The number of benzene rings is 3. The smallest absolute Gasteiger partial charge is 0.264 e. The number of ether oxygens (including phenoxy) is 1. The molecule has 10 heteroatoms. The third kappa shape index (κ3) is 8.30. The summed E-state index contributed by atoms with van der Waals surface area (Å²) in [6.45, 7) is 5.23. The molecule has 1 fully saturated rings. The first kappa shape index (κ1) is 32.4. The standard InChI is InChI=1S/C33H40ClN3O5S/c1-4-42-31-13-9-8-12-30(31)37(43(40,41)29-20-14-24(2)15-21-29)23-32(38)36(22-26-16-18-27(34)19-17-26)25(3)33(39)35-28-10-6-5-7-11-28/h8-9,12-21,25,28H,4-7,10-11,22-23H2,1-3H3,(H,35,39)/t25-/m1/s1. The molecule has 0 spiro atoms. The van der Waals surface area contributed by atoms with Crippen LogP contribution in [0.5, 0.6) is 5.75 Å². The molecule has 3 aromatic rings. The van der Waals surface area contributed by atoms with E-state index in [0.717, 1.165) is 47.5 Å². The lowest BCUT2D eigenvalue weighted by atomic mass is 9.95. The topological polar surface area (TPSA) is 96.0 Å². The molecule has 1 N–H and O–H groups in total. The molecule has 0 unspecified atom stereocenters. The molecule has 0 aromatic heterocycles. The lowest BCUT2D eigenvalue weighted by Gasteiger charge is -2.33. The van der Waals surface area contributed by atoms with Crippen molar-refractivity contribution in [2.24, 2.45) is 0 Å². The van der Waals surface area contributed by atoms with Crippen LogP contribution in [0.1, 0.15) is 57.1 Å². The highest BCUT2D eigenvalue weighted by Crippen LogP contribution is 2.33. The maximum Gasteiger partial charge on any atom is 0.264 e. The fourth-order valence-electron chi connectivity index (χ4n) is 5.23. The minimum absolute atomic E-state index is 0.0459. The number of amides is 2. The summed E-state index contributed by atoms with van der Waals surface area (Å²) in [7, 11) is -4.20. The monoisotopic (exact) mass is 625 g/mol. The second-order valence-electron chi connectivity index (χ2n) is 10.9. The number of nitrogens with one attached hydrogen (secondary N) is 1. The van der Waals surface area contributed by atoms with E-state index < -0.39 is 28.5 Å². The van der Waals surface area contributed by atoms with E-state index in [1.54, 1.807) is 74.5 Å². The molecule has 3 aromatic carbocycles. The summed E-state index contributed by atoms with van der Waals surface area (Å²) in [6, 6.07) is 19.5. The summed E-state index contributed by atoms with van der Waals surface area (Å²) in [5.74, 6) is -0.457. The van der Waals surface area contributed by atoms with Crippen LogP contribution in [0.25, 0.3) is 0 Å². The van der Waals surface area contributed by atoms with Crippen LogP contribution < -0.4 is 14.4 Å². The van der Waals surface area contributed by atoms with Crippen LogP contribution in [0.4, 0.5) is 5.69 Å². The van der Waals surface area contributed by atoms with Gasteiger partial charge in [-0.1, -0.05) is 72.8 Å². The molecule has 0 bridgehead atoms. The lowest BCUT2D eigenvalue weighted by molar-refractivity contribution is -0.139. The Hall–Kier alpha value is -3.56. The predicted molar refractivity (Wildman–Crippen MR) is 170 cm³/mol. The number of hydrogen-bond acceptors (Lipinski definition) is 5. The van der Waals surface area contributed by atoms with Crippen LogP contribution >= 0.6 is 11.6 Å². The van der Waals surface area contributed by atoms with Crippen LogP contribution in [0.15, 0.2) is 77.7 Å². The highest BCUT2D eigenvalue weighted by atomic mass is 35.5. The lowest BCUT2D eigenvalue weighted by Crippen LogP contribution is -2.53. The maximum atomic E-state index is 14.2. The average molecular weight is 626 g/mol. The van der Waals surface area contributed by atoms with Crippen molar-refractivity contribution in [3.8, 4) is 5.75 Å². The molecule has 43 heavy (non-hydrogen) atoms. The zero-order chi connectivity index (χ0) is 31.0. The Balaban J connectivity index is 1.71. The number of rotatable bonds is 12. The predicted octanol–water partition coefficient (Wildman–Crippen LogP) is 6.11. The van der Waals surface area contributed by atoms with Gasteiger partial charge in [-0.3, -0.25) is 13.9 Å². The summed E-state index contributed by atoms with van der Waals surface area (Å²) in [6.07, 6.45) is 5.06. The Morgan fingerprint density at radius 2 is 1.63 bits per heavy atom. The van der Waals surface area contributed by atoms with Gasteiger partial charge in [-0.25, -0.2) is 8.42 Å². The first-order valence-corrected chi connectivity index (χ1v) is 16.6. The normalized spacial score (nSPS) is 14.5. The van der Waals surface area contributed by atoms with E-state index in [1.165, 1.54) is 17.0 Å². The van der Waals surface area contributed by atoms with Gasteiger partial charge in [0, 0.05) is 17.6 Å². The molecule has 1 atom stereocenters. The summed E-state index contributed by atoms with van der Waals surface area (Å²) in [5, 5.41) is 3.66. The largest absolute Gasteiger partial charge is 0.492 e. The number of anilines is 1. The quantitative estimate of drug-likeness (QED) is 0.262. The second-order valence-corrected chi connectivity index (χ2v) is 13.2. The van der Waals surface area contributed by atoms with E-state index in [0.29, 0.717) is 17.4 Å². The number of halogens is 1. The van der Waals surface area contributed by atoms with Gasteiger partial charge in [0.25, 0.3) is 10.0 Å². The molecule has 1 aliphatic carbocycles. The molecule has 0 heterocycles.